The highest BCUT2D eigenvalue weighted by molar-refractivity contribution is 7.89. The Kier molecular flexibility index (Phi) is 5.69. The molecule has 0 spiro atoms. The standard InChI is InChI=1S/C20H21ClN4O3S/c1-15-5-2-3-8-18(15)20-22-19(28-23-20)14-24-9-11-25(12-10-24)29(26,27)17-7-4-6-16(21)13-17/h2-8,13H,9-12,14H2,1H3. The Hall–Kier alpha value is -2.26. The first-order valence-electron chi connectivity index (χ1n) is 9.30. The maximum Gasteiger partial charge on any atom is 0.243 e. The molecule has 1 aliphatic heterocycles. The molecule has 0 radical (unpaired) electrons. The predicted molar refractivity (Wildman–Crippen MR) is 110 cm³/mol. The summed E-state index contributed by atoms with van der Waals surface area (Å²) in [5.41, 5.74) is 2.03. The third-order valence-corrected chi connectivity index (χ3v) is 7.11. The summed E-state index contributed by atoms with van der Waals surface area (Å²) in [5, 5.41) is 4.49. The quantitative estimate of drug-likeness (QED) is 0.616. The maximum absolute atomic E-state index is 12.8. The molecule has 2 aromatic carbocycles. The third-order valence-electron chi connectivity index (χ3n) is 4.98. The van der Waals surface area contributed by atoms with Crippen molar-refractivity contribution in [3.63, 3.8) is 0 Å². The number of sulfonamides is 1. The Morgan fingerprint density at radius 2 is 1.83 bits per heavy atom. The first-order valence-corrected chi connectivity index (χ1v) is 11.1. The van der Waals surface area contributed by atoms with E-state index in [1.54, 1.807) is 18.2 Å². The van der Waals surface area contributed by atoms with Gasteiger partial charge in [0.05, 0.1) is 11.4 Å². The van der Waals surface area contributed by atoms with E-state index in [9.17, 15) is 8.42 Å². The van der Waals surface area contributed by atoms with Crippen LogP contribution in [0.2, 0.25) is 5.02 Å². The first kappa shape index (κ1) is 20.0. The number of aromatic nitrogens is 2. The zero-order chi connectivity index (χ0) is 20.4. The molecule has 1 aliphatic rings. The molecule has 152 valence electrons. The van der Waals surface area contributed by atoms with Crippen molar-refractivity contribution in [2.75, 3.05) is 26.2 Å². The molecule has 1 aromatic heterocycles. The van der Waals surface area contributed by atoms with E-state index in [4.69, 9.17) is 16.1 Å². The van der Waals surface area contributed by atoms with Crippen LogP contribution < -0.4 is 0 Å². The average Bonchev–Trinajstić information content (AvgIpc) is 3.17. The van der Waals surface area contributed by atoms with Gasteiger partial charge in [-0.15, -0.1) is 0 Å². The summed E-state index contributed by atoms with van der Waals surface area (Å²) >= 11 is 5.94. The minimum Gasteiger partial charge on any atom is -0.338 e. The molecule has 0 N–H and O–H groups in total. The van der Waals surface area contributed by atoms with Crippen LogP contribution in [0.4, 0.5) is 0 Å². The van der Waals surface area contributed by atoms with Crippen LogP contribution in [0.1, 0.15) is 11.5 Å². The minimum absolute atomic E-state index is 0.221. The molecular formula is C20H21ClN4O3S. The van der Waals surface area contributed by atoms with Crippen molar-refractivity contribution in [3.8, 4) is 11.4 Å². The first-order chi connectivity index (χ1) is 13.9. The van der Waals surface area contributed by atoms with Gasteiger partial charge in [0.15, 0.2) is 0 Å². The smallest absolute Gasteiger partial charge is 0.243 e. The van der Waals surface area contributed by atoms with Crippen molar-refractivity contribution in [2.45, 2.75) is 18.4 Å². The van der Waals surface area contributed by atoms with E-state index in [1.807, 2.05) is 31.2 Å². The fourth-order valence-corrected chi connectivity index (χ4v) is 5.07. The summed E-state index contributed by atoms with van der Waals surface area (Å²) in [6.07, 6.45) is 0. The van der Waals surface area contributed by atoms with Gasteiger partial charge in [-0.05, 0) is 30.7 Å². The summed E-state index contributed by atoms with van der Waals surface area (Å²) < 4.78 is 32.5. The Balaban J connectivity index is 1.39. The van der Waals surface area contributed by atoms with E-state index in [0.29, 0.717) is 49.5 Å². The average molecular weight is 433 g/mol. The normalized spacial score (nSPS) is 16.2. The van der Waals surface area contributed by atoms with Gasteiger partial charge < -0.3 is 4.52 Å². The number of hydrogen-bond acceptors (Lipinski definition) is 6. The van der Waals surface area contributed by atoms with E-state index in [1.165, 1.54) is 10.4 Å². The number of rotatable bonds is 5. The predicted octanol–water partition coefficient (Wildman–Crippen LogP) is 3.20. The highest BCUT2D eigenvalue weighted by atomic mass is 35.5. The van der Waals surface area contributed by atoms with Gasteiger partial charge in [0, 0.05) is 36.8 Å². The molecule has 4 rings (SSSR count). The molecule has 0 saturated carbocycles. The summed E-state index contributed by atoms with van der Waals surface area (Å²) in [5.74, 6) is 1.09. The van der Waals surface area contributed by atoms with Crippen molar-refractivity contribution in [1.82, 2.24) is 19.3 Å². The largest absolute Gasteiger partial charge is 0.338 e. The molecule has 0 aliphatic carbocycles. The Morgan fingerprint density at radius 3 is 2.55 bits per heavy atom. The minimum atomic E-state index is -3.55. The number of halogens is 1. The van der Waals surface area contributed by atoms with Gasteiger partial charge in [0.2, 0.25) is 21.7 Å². The van der Waals surface area contributed by atoms with Gasteiger partial charge >= 0.3 is 0 Å². The zero-order valence-corrected chi connectivity index (χ0v) is 17.5. The van der Waals surface area contributed by atoms with Crippen LogP contribution in [0.15, 0.2) is 57.9 Å². The molecule has 1 fully saturated rings. The van der Waals surface area contributed by atoms with Gasteiger partial charge in [-0.25, -0.2) is 8.42 Å². The van der Waals surface area contributed by atoms with E-state index in [-0.39, 0.29) is 4.90 Å². The van der Waals surface area contributed by atoms with E-state index >= 15 is 0 Å². The molecule has 1 saturated heterocycles. The van der Waals surface area contributed by atoms with E-state index in [0.717, 1.165) is 11.1 Å². The van der Waals surface area contributed by atoms with Crippen molar-refractivity contribution in [2.24, 2.45) is 0 Å². The van der Waals surface area contributed by atoms with E-state index < -0.39 is 10.0 Å². The topological polar surface area (TPSA) is 79.5 Å². The summed E-state index contributed by atoms with van der Waals surface area (Å²) in [4.78, 5) is 6.83. The summed E-state index contributed by atoms with van der Waals surface area (Å²) in [7, 11) is -3.55. The molecule has 0 amide bonds. The molecule has 0 atom stereocenters. The Bertz CT molecular complexity index is 1110. The fourth-order valence-electron chi connectivity index (χ4n) is 3.35. The molecule has 0 bridgehead atoms. The summed E-state index contributed by atoms with van der Waals surface area (Å²) in [6.45, 7) is 4.46. The second kappa shape index (κ2) is 8.23. The molecule has 2 heterocycles. The van der Waals surface area contributed by atoms with Gasteiger partial charge in [0.1, 0.15) is 0 Å². The van der Waals surface area contributed by atoms with Crippen molar-refractivity contribution in [1.29, 1.82) is 0 Å². The van der Waals surface area contributed by atoms with Crippen LogP contribution in [0.25, 0.3) is 11.4 Å². The third kappa shape index (κ3) is 4.35. The highest BCUT2D eigenvalue weighted by Crippen LogP contribution is 2.22. The van der Waals surface area contributed by atoms with Crippen molar-refractivity contribution in [3.05, 3.63) is 65.0 Å². The number of piperazine rings is 1. The van der Waals surface area contributed by atoms with Crippen molar-refractivity contribution < 1.29 is 12.9 Å². The number of hydrogen-bond donors (Lipinski definition) is 0. The van der Waals surface area contributed by atoms with Gasteiger partial charge in [0.25, 0.3) is 0 Å². The van der Waals surface area contributed by atoms with Gasteiger partial charge in [-0.1, -0.05) is 47.1 Å². The lowest BCUT2D eigenvalue weighted by molar-refractivity contribution is 0.163. The second-order valence-electron chi connectivity index (χ2n) is 6.96. The maximum atomic E-state index is 12.8. The Morgan fingerprint density at radius 1 is 1.07 bits per heavy atom. The van der Waals surface area contributed by atoms with E-state index in [2.05, 4.69) is 15.0 Å². The second-order valence-corrected chi connectivity index (χ2v) is 9.34. The zero-order valence-electron chi connectivity index (χ0n) is 16.0. The molecular weight excluding hydrogens is 412 g/mol. The van der Waals surface area contributed by atoms with Gasteiger partial charge in [-0.3, -0.25) is 4.90 Å². The monoisotopic (exact) mass is 432 g/mol. The number of aryl methyl sites for hydroxylation is 1. The molecule has 7 nitrogen and oxygen atoms in total. The molecule has 29 heavy (non-hydrogen) atoms. The molecule has 9 heteroatoms. The molecule has 3 aromatic rings. The summed E-state index contributed by atoms with van der Waals surface area (Å²) in [6, 6.07) is 14.2. The molecule has 0 unspecified atom stereocenters. The lowest BCUT2D eigenvalue weighted by atomic mass is 10.1. The number of nitrogens with zero attached hydrogens (tertiary/aromatic N) is 4. The lowest BCUT2D eigenvalue weighted by Gasteiger charge is -2.33. The SMILES string of the molecule is Cc1ccccc1-c1noc(CN2CCN(S(=O)(=O)c3cccc(Cl)c3)CC2)n1. The van der Waals surface area contributed by atoms with Crippen LogP contribution in [0.3, 0.4) is 0 Å². The van der Waals surface area contributed by atoms with Crippen LogP contribution in [-0.2, 0) is 16.6 Å². The Labute approximate surface area is 174 Å². The highest BCUT2D eigenvalue weighted by Gasteiger charge is 2.29. The van der Waals surface area contributed by atoms with Crippen LogP contribution in [0, 0.1) is 6.92 Å². The van der Waals surface area contributed by atoms with Crippen molar-refractivity contribution >= 4 is 21.6 Å². The van der Waals surface area contributed by atoms with Crippen LogP contribution in [-0.4, -0.2) is 53.9 Å². The van der Waals surface area contributed by atoms with Crippen LogP contribution >= 0.6 is 11.6 Å². The van der Waals surface area contributed by atoms with Gasteiger partial charge in [-0.2, -0.15) is 9.29 Å². The van der Waals surface area contributed by atoms with Crippen LogP contribution in [0.5, 0.6) is 0 Å². The number of benzene rings is 2. The fraction of sp³-hybridized carbons (Fsp3) is 0.300. The lowest BCUT2D eigenvalue weighted by Crippen LogP contribution is -2.48.